The fraction of sp³-hybridized carbons (Fsp3) is 0.475. The number of thiazole rings is 1. The van der Waals surface area contributed by atoms with E-state index in [9.17, 15) is 18.0 Å². The van der Waals surface area contributed by atoms with Crippen molar-refractivity contribution in [3.63, 3.8) is 0 Å². The fourth-order valence-electron chi connectivity index (χ4n) is 9.48. The van der Waals surface area contributed by atoms with E-state index in [1.54, 1.807) is 37.2 Å². The maximum atomic E-state index is 14.0. The highest BCUT2D eigenvalue weighted by molar-refractivity contribution is 7.90. The van der Waals surface area contributed by atoms with Gasteiger partial charge in [0, 0.05) is 36.8 Å². The molecule has 4 aliphatic rings. The van der Waals surface area contributed by atoms with Gasteiger partial charge in [0.25, 0.3) is 5.91 Å². The average molecular weight is 798 g/mol. The number of benzene rings is 1. The number of carbonyl (C=O) groups excluding carboxylic acids is 2. The van der Waals surface area contributed by atoms with E-state index in [0.717, 1.165) is 45.8 Å². The second-order valence-corrected chi connectivity index (χ2v) is 18.7. The standard InChI is InChI=1S/C40H47N9O5S2/c1-5-54-35(50)11-8-14-56(52,53)47-38(51)36-29(30-22-41-49(25(30)3)23-40-19-26-16-27(20-40)18-28(17-26)21-40)12-13-33(43-36)48(4)34-15-24(2)37(46-45-34)44-39-42-31-9-6-7-10-32(31)55-39/h6-7,9-10,12-13,15,22,26-28H,5,8,11,14,16-21,23H2,1-4H3,(H,47,51)(H,42,44,46). The number of aryl methyl sites for hydroxylation is 1. The molecule has 0 spiro atoms. The number of fused-ring (bicyclic) bond motifs is 1. The summed E-state index contributed by atoms with van der Waals surface area (Å²) >= 11 is 1.52. The Morgan fingerprint density at radius 3 is 2.41 bits per heavy atom. The largest absolute Gasteiger partial charge is 0.466 e. The summed E-state index contributed by atoms with van der Waals surface area (Å²) in [7, 11) is -2.36. The van der Waals surface area contributed by atoms with E-state index in [2.05, 4.69) is 29.9 Å². The predicted octanol–water partition coefficient (Wildman–Crippen LogP) is 7.09. The van der Waals surface area contributed by atoms with Crippen LogP contribution in [0.1, 0.15) is 80.0 Å². The lowest BCUT2D eigenvalue weighted by atomic mass is 9.49. The summed E-state index contributed by atoms with van der Waals surface area (Å²) in [5, 5.41) is 17.7. The van der Waals surface area contributed by atoms with Crippen molar-refractivity contribution in [1.29, 1.82) is 0 Å². The zero-order valence-electron chi connectivity index (χ0n) is 32.1. The lowest BCUT2D eigenvalue weighted by Gasteiger charge is -2.56. The first-order valence-electron chi connectivity index (χ1n) is 19.3. The molecule has 0 radical (unpaired) electrons. The number of para-hydroxylation sites is 1. The fourth-order valence-corrected chi connectivity index (χ4v) is 11.4. The molecule has 0 unspecified atom stereocenters. The number of nitrogens with zero attached hydrogens (tertiary/aromatic N) is 7. The van der Waals surface area contributed by atoms with Crippen LogP contribution in [0.5, 0.6) is 0 Å². The molecule has 4 heterocycles. The molecule has 14 nitrogen and oxygen atoms in total. The van der Waals surface area contributed by atoms with E-state index in [0.29, 0.717) is 33.7 Å². The Morgan fingerprint density at radius 2 is 1.71 bits per heavy atom. The highest BCUT2D eigenvalue weighted by atomic mass is 32.2. The van der Waals surface area contributed by atoms with Crippen LogP contribution < -0.4 is 14.9 Å². The molecule has 4 aliphatic carbocycles. The van der Waals surface area contributed by atoms with Crippen molar-refractivity contribution < 1.29 is 22.7 Å². The molecule has 1 aromatic carbocycles. The minimum Gasteiger partial charge on any atom is -0.466 e. The second kappa shape index (κ2) is 15.2. The number of pyridine rings is 1. The van der Waals surface area contributed by atoms with Crippen LogP contribution >= 0.6 is 11.3 Å². The Kier molecular flexibility index (Phi) is 10.3. The van der Waals surface area contributed by atoms with E-state index >= 15 is 0 Å². The number of nitrogens with one attached hydrogen (secondary N) is 2. The summed E-state index contributed by atoms with van der Waals surface area (Å²) in [6, 6.07) is 13.3. The molecular weight excluding hydrogens is 751 g/mol. The Balaban J connectivity index is 1.07. The monoisotopic (exact) mass is 797 g/mol. The molecule has 294 valence electrons. The number of hydrogen-bond donors (Lipinski definition) is 2. The van der Waals surface area contributed by atoms with Crippen LogP contribution in [0, 0.1) is 37.0 Å². The number of ether oxygens (including phenoxy) is 1. The van der Waals surface area contributed by atoms with Crippen LogP contribution in [0.25, 0.3) is 21.3 Å². The van der Waals surface area contributed by atoms with Crippen LogP contribution in [-0.2, 0) is 26.1 Å². The third-order valence-corrected chi connectivity index (χ3v) is 13.9. The number of esters is 1. The van der Waals surface area contributed by atoms with Gasteiger partial charge >= 0.3 is 5.97 Å². The van der Waals surface area contributed by atoms with Crippen molar-refractivity contribution >= 4 is 66.0 Å². The van der Waals surface area contributed by atoms with Crippen molar-refractivity contribution in [1.82, 2.24) is 34.7 Å². The molecule has 1 amide bonds. The summed E-state index contributed by atoms with van der Waals surface area (Å²) < 4.78 is 36.6. The quantitative estimate of drug-likeness (QED) is 0.109. The molecule has 0 saturated heterocycles. The summed E-state index contributed by atoms with van der Waals surface area (Å²) in [6.45, 7) is 6.63. The Labute approximate surface area is 330 Å². The molecule has 2 N–H and O–H groups in total. The maximum absolute atomic E-state index is 14.0. The van der Waals surface area contributed by atoms with Gasteiger partial charge in [-0.15, -0.1) is 10.2 Å². The number of aromatic nitrogens is 6. The Morgan fingerprint density at radius 1 is 0.982 bits per heavy atom. The second-order valence-electron chi connectivity index (χ2n) is 15.8. The van der Waals surface area contributed by atoms with Gasteiger partial charge in [0.1, 0.15) is 11.5 Å². The molecular formula is C40H47N9O5S2. The van der Waals surface area contributed by atoms with E-state index in [4.69, 9.17) is 14.8 Å². The van der Waals surface area contributed by atoms with E-state index in [1.807, 2.05) is 44.2 Å². The maximum Gasteiger partial charge on any atom is 0.305 e. The predicted molar refractivity (Wildman–Crippen MR) is 216 cm³/mol. The number of anilines is 4. The number of amides is 1. The molecule has 4 aromatic heterocycles. The first-order valence-corrected chi connectivity index (χ1v) is 21.8. The van der Waals surface area contributed by atoms with Gasteiger partial charge < -0.3 is 15.0 Å². The van der Waals surface area contributed by atoms with Crippen molar-refractivity contribution in [2.45, 2.75) is 78.7 Å². The Bertz CT molecular complexity index is 2340. The third kappa shape index (κ3) is 7.85. The molecule has 4 bridgehead atoms. The van der Waals surface area contributed by atoms with Crippen LogP contribution in [-0.4, -0.2) is 69.6 Å². The molecule has 4 fully saturated rings. The van der Waals surface area contributed by atoms with Gasteiger partial charge in [-0.1, -0.05) is 23.5 Å². The van der Waals surface area contributed by atoms with Crippen molar-refractivity contribution in [3.05, 3.63) is 65.6 Å². The summed E-state index contributed by atoms with van der Waals surface area (Å²) in [5.74, 6) is 2.00. The van der Waals surface area contributed by atoms with E-state index in [1.165, 1.54) is 49.9 Å². The number of rotatable bonds is 14. The first kappa shape index (κ1) is 37.9. The van der Waals surface area contributed by atoms with Crippen molar-refractivity contribution in [2.24, 2.45) is 23.2 Å². The summed E-state index contributed by atoms with van der Waals surface area (Å²) in [4.78, 5) is 36.9. The lowest BCUT2D eigenvalue weighted by Crippen LogP contribution is -2.48. The summed E-state index contributed by atoms with van der Waals surface area (Å²) in [6.07, 6.45) is 9.46. The molecule has 5 aromatic rings. The van der Waals surface area contributed by atoms with Gasteiger partial charge in [0.15, 0.2) is 16.8 Å². The SMILES string of the molecule is CCOC(=O)CCCS(=O)(=O)NC(=O)c1nc(N(C)c2cc(C)c(Nc3nc4ccccc4s3)nn2)ccc1-c1cnn(CC23CC4CC(CC(C4)C2)C3)c1C. The van der Waals surface area contributed by atoms with Gasteiger partial charge in [-0.05, 0) is 125 Å². The highest BCUT2D eigenvalue weighted by Gasteiger charge is 2.51. The molecule has 4 saturated carbocycles. The molecule has 0 atom stereocenters. The Hall–Kier alpha value is -4.96. The van der Waals surface area contributed by atoms with Crippen LogP contribution in [0.15, 0.2) is 48.7 Å². The van der Waals surface area contributed by atoms with Crippen molar-refractivity contribution in [2.75, 3.05) is 29.6 Å². The van der Waals surface area contributed by atoms with Gasteiger partial charge in [0.2, 0.25) is 10.0 Å². The van der Waals surface area contributed by atoms with Crippen LogP contribution in [0.4, 0.5) is 22.6 Å². The minimum absolute atomic E-state index is 0.00253. The zero-order chi connectivity index (χ0) is 39.2. The van der Waals surface area contributed by atoms with Gasteiger partial charge in [-0.3, -0.25) is 14.3 Å². The molecule has 16 heteroatoms. The normalized spacial score (nSPS) is 21.3. The average Bonchev–Trinajstić information content (AvgIpc) is 3.73. The topological polar surface area (TPSA) is 174 Å². The summed E-state index contributed by atoms with van der Waals surface area (Å²) in [5.41, 5.74) is 3.95. The number of hydrogen-bond acceptors (Lipinski definition) is 13. The third-order valence-electron chi connectivity index (χ3n) is 11.7. The minimum atomic E-state index is -4.12. The first-order chi connectivity index (χ1) is 26.9. The number of carbonyl (C=O) groups is 2. The van der Waals surface area contributed by atoms with Crippen molar-refractivity contribution in [3.8, 4) is 11.1 Å². The zero-order valence-corrected chi connectivity index (χ0v) is 33.8. The van der Waals surface area contributed by atoms with Gasteiger partial charge in [-0.25, -0.2) is 23.1 Å². The van der Waals surface area contributed by atoms with Crippen LogP contribution in [0.2, 0.25) is 0 Å². The lowest BCUT2D eigenvalue weighted by molar-refractivity contribution is -0.143. The van der Waals surface area contributed by atoms with E-state index < -0.39 is 27.7 Å². The van der Waals surface area contributed by atoms with Gasteiger partial charge in [-0.2, -0.15) is 5.10 Å². The van der Waals surface area contributed by atoms with Gasteiger partial charge in [0.05, 0.1) is 28.8 Å². The highest BCUT2D eigenvalue weighted by Crippen LogP contribution is 2.60. The molecule has 9 rings (SSSR count). The van der Waals surface area contributed by atoms with Crippen LogP contribution in [0.3, 0.4) is 0 Å². The smallest absolute Gasteiger partial charge is 0.305 e. The number of sulfonamides is 1. The molecule has 0 aliphatic heterocycles. The molecule has 56 heavy (non-hydrogen) atoms. The van der Waals surface area contributed by atoms with E-state index in [-0.39, 0.29) is 30.6 Å².